The van der Waals surface area contributed by atoms with Gasteiger partial charge in [-0.05, 0) is 18.2 Å². The van der Waals surface area contributed by atoms with Crippen LogP contribution in [0.15, 0.2) is 40.5 Å². The van der Waals surface area contributed by atoms with E-state index in [1.54, 1.807) is 41.6 Å². The van der Waals surface area contributed by atoms with Crippen LogP contribution in [0.4, 0.5) is 0 Å². The third kappa shape index (κ3) is 2.37. The molecule has 0 saturated heterocycles. The Morgan fingerprint density at radius 1 is 1.18 bits per heavy atom. The lowest BCUT2D eigenvalue weighted by Crippen LogP contribution is -2.19. The Morgan fingerprint density at radius 3 is 2.59 bits per heavy atom. The number of carbonyl (C=O) groups is 1. The van der Waals surface area contributed by atoms with E-state index in [1.165, 1.54) is 11.8 Å². The molecule has 114 valence electrons. The number of hydrogen-bond acceptors (Lipinski definition) is 4. The van der Waals surface area contributed by atoms with E-state index in [0.29, 0.717) is 11.3 Å². The van der Waals surface area contributed by atoms with Crippen molar-refractivity contribution in [3.05, 3.63) is 46.6 Å². The zero-order valence-corrected chi connectivity index (χ0v) is 13.4. The van der Waals surface area contributed by atoms with Gasteiger partial charge < -0.3 is 4.57 Å². The fourth-order valence-corrected chi connectivity index (χ4v) is 3.21. The predicted octanol–water partition coefficient (Wildman–Crippen LogP) is 1.59. The van der Waals surface area contributed by atoms with E-state index in [9.17, 15) is 9.59 Å². The number of ketones is 1. The number of aryl methyl sites for hydroxylation is 3. The van der Waals surface area contributed by atoms with Gasteiger partial charge in [-0.25, -0.2) is 9.78 Å². The van der Waals surface area contributed by atoms with E-state index in [4.69, 9.17) is 0 Å². The number of fused-ring (bicyclic) bond motifs is 1. The van der Waals surface area contributed by atoms with Crippen LogP contribution in [0.25, 0.3) is 11.0 Å². The van der Waals surface area contributed by atoms with E-state index in [0.717, 1.165) is 16.2 Å². The molecule has 0 aliphatic heterocycles. The third-order valence-electron chi connectivity index (χ3n) is 3.70. The van der Waals surface area contributed by atoms with Gasteiger partial charge in [0, 0.05) is 39.1 Å². The number of hydrogen-bond donors (Lipinski definition) is 0. The molecule has 2 heterocycles. The van der Waals surface area contributed by atoms with E-state index >= 15 is 0 Å². The number of rotatable bonds is 4. The molecular formula is C15H16N4O2S. The minimum absolute atomic E-state index is 0.0196. The van der Waals surface area contributed by atoms with Crippen molar-refractivity contribution in [2.75, 3.05) is 5.75 Å². The summed E-state index contributed by atoms with van der Waals surface area (Å²) in [6, 6.07) is 5.36. The van der Waals surface area contributed by atoms with E-state index < -0.39 is 0 Å². The quantitative estimate of drug-likeness (QED) is 0.542. The molecule has 0 atom stereocenters. The molecule has 0 fully saturated rings. The van der Waals surface area contributed by atoms with Crippen molar-refractivity contribution in [1.82, 2.24) is 18.7 Å². The molecule has 22 heavy (non-hydrogen) atoms. The van der Waals surface area contributed by atoms with Crippen LogP contribution in [-0.4, -0.2) is 30.2 Å². The molecule has 0 spiro atoms. The molecule has 0 aliphatic carbocycles. The summed E-state index contributed by atoms with van der Waals surface area (Å²) in [4.78, 5) is 28.4. The normalized spacial score (nSPS) is 11.2. The van der Waals surface area contributed by atoms with Crippen molar-refractivity contribution in [2.24, 2.45) is 21.1 Å². The van der Waals surface area contributed by atoms with Crippen LogP contribution in [-0.2, 0) is 21.1 Å². The first-order chi connectivity index (χ1) is 10.5. The van der Waals surface area contributed by atoms with Crippen molar-refractivity contribution in [3.8, 4) is 0 Å². The zero-order chi connectivity index (χ0) is 15.9. The predicted molar refractivity (Wildman–Crippen MR) is 86.4 cm³/mol. The largest absolute Gasteiger partial charge is 0.329 e. The van der Waals surface area contributed by atoms with E-state index in [1.807, 2.05) is 23.9 Å². The molecule has 0 bridgehead atoms. The summed E-state index contributed by atoms with van der Waals surface area (Å²) in [6.07, 6.45) is 3.55. The van der Waals surface area contributed by atoms with Crippen LogP contribution < -0.4 is 5.69 Å². The fourth-order valence-electron chi connectivity index (χ4n) is 2.38. The SMILES string of the molecule is Cn1ccnc1SCC(=O)c1ccc2c(c1)n(C)c(=O)n2C. The first-order valence-electron chi connectivity index (χ1n) is 6.78. The highest BCUT2D eigenvalue weighted by molar-refractivity contribution is 7.99. The number of nitrogens with zero attached hydrogens (tertiary/aromatic N) is 4. The van der Waals surface area contributed by atoms with Gasteiger partial charge in [0.1, 0.15) is 0 Å². The molecule has 7 heteroatoms. The van der Waals surface area contributed by atoms with Gasteiger partial charge in [0.25, 0.3) is 0 Å². The summed E-state index contributed by atoms with van der Waals surface area (Å²) < 4.78 is 5.01. The summed E-state index contributed by atoms with van der Waals surface area (Å²) in [5.41, 5.74) is 2.10. The minimum atomic E-state index is -0.0954. The van der Waals surface area contributed by atoms with Gasteiger partial charge in [-0.1, -0.05) is 11.8 Å². The van der Waals surface area contributed by atoms with Crippen molar-refractivity contribution in [3.63, 3.8) is 0 Å². The molecule has 0 saturated carbocycles. The van der Waals surface area contributed by atoms with Gasteiger partial charge >= 0.3 is 5.69 Å². The Morgan fingerprint density at radius 2 is 1.91 bits per heavy atom. The smallest absolute Gasteiger partial charge is 0.328 e. The number of imidazole rings is 2. The van der Waals surface area contributed by atoms with Gasteiger partial charge in [0.15, 0.2) is 10.9 Å². The Kier molecular flexibility index (Phi) is 3.66. The van der Waals surface area contributed by atoms with Crippen molar-refractivity contribution >= 4 is 28.6 Å². The lowest BCUT2D eigenvalue weighted by molar-refractivity contribution is 0.102. The first kappa shape index (κ1) is 14.6. The zero-order valence-electron chi connectivity index (χ0n) is 12.6. The van der Waals surface area contributed by atoms with Gasteiger partial charge in [-0.15, -0.1) is 0 Å². The maximum absolute atomic E-state index is 12.3. The molecular weight excluding hydrogens is 300 g/mol. The monoisotopic (exact) mass is 316 g/mol. The molecule has 1 aromatic carbocycles. The molecule has 0 N–H and O–H groups in total. The molecule has 2 aromatic heterocycles. The Bertz CT molecular complexity index is 919. The van der Waals surface area contributed by atoms with Crippen LogP contribution in [0, 0.1) is 0 Å². The van der Waals surface area contributed by atoms with Crippen molar-refractivity contribution < 1.29 is 4.79 Å². The molecule has 6 nitrogen and oxygen atoms in total. The second kappa shape index (κ2) is 5.49. The first-order valence-corrected chi connectivity index (χ1v) is 7.76. The van der Waals surface area contributed by atoms with Crippen molar-refractivity contribution in [2.45, 2.75) is 5.16 Å². The standard InChI is InChI=1S/C15H16N4O2S/c1-17-7-6-16-14(17)22-9-13(20)10-4-5-11-12(8-10)19(3)15(21)18(11)2/h4-8H,9H2,1-3H3. The molecule has 0 radical (unpaired) electrons. The second-order valence-electron chi connectivity index (χ2n) is 5.14. The van der Waals surface area contributed by atoms with Crippen LogP contribution in [0.1, 0.15) is 10.4 Å². The van der Waals surface area contributed by atoms with E-state index in [2.05, 4.69) is 4.98 Å². The highest BCUT2D eigenvalue weighted by Gasteiger charge is 2.13. The molecule has 0 unspecified atom stereocenters. The third-order valence-corrected chi connectivity index (χ3v) is 4.76. The van der Waals surface area contributed by atoms with Gasteiger partial charge in [0.05, 0.1) is 16.8 Å². The number of Topliss-reactive ketones (excluding diaryl/α,β-unsaturated/α-hetero) is 1. The maximum Gasteiger partial charge on any atom is 0.328 e. The Balaban J connectivity index is 1.87. The highest BCUT2D eigenvalue weighted by Crippen LogP contribution is 2.19. The molecule has 3 rings (SSSR count). The van der Waals surface area contributed by atoms with E-state index in [-0.39, 0.29) is 11.5 Å². The summed E-state index contributed by atoms with van der Waals surface area (Å²) in [5, 5.41) is 0.807. The summed E-state index contributed by atoms with van der Waals surface area (Å²) in [5.74, 6) is 0.336. The van der Waals surface area contributed by atoms with Crippen LogP contribution in [0.3, 0.4) is 0 Å². The molecule has 3 aromatic rings. The second-order valence-corrected chi connectivity index (χ2v) is 6.08. The topological polar surface area (TPSA) is 61.8 Å². The van der Waals surface area contributed by atoms with Gasteiger partial charge in [-0.3, -0.25) is 13.9 Å². The average molecular weight is 316 g/mol. The summed E-state index contributed by atoms with van der Waals surface area (Å²) in [6.45, 7) is 0. The number of benzene rings is 1. The number of carbonyl (C=O) groups excluding carboxylic acids is 1. The molecule has 0 amide bonds. The maximum atomic E-state index is 12.3. The lowest BCUT2D eigenvalue weighted by atomic mass is 10.1. The van der Waals surface area contributed by atoms with Crippen LogP contribution in [0.5, 0.6) is 0 Å². The van der Waals surface area contributed by atoms with Crippen LogP contribution >= 0.6 is 11.8 Å². The Labute approximate surface area is 131 Å². The summed E-state index contributed by atoms with van der Waals surface area (Å²) >= 11 is 1.40. The highest BCUT2D eigenvalue weighted by atomic mass is 32.2. The lowest BCUT2D eigenvalue weighted by Gasteiger charge is -2.03. The Hall–Kier alpha value is -2.28. The number of thioether (sulfide) groups is 1. The average Bonchev–Trinajstić information content (AvgIpc) is 3.02. The molecule has 0 aliphatic rings. The minimum Gasteiger partial charge on any atom is -0.329 e. The van der Waals surface area contributed by atoms with Crippen LogP contribution in [0.2, 0.25) is 0 Å². The van der Waals surface area contributed by atoms with Crippen molar-refractivity contribution in [1.29, 1.82) is 0 Å². The fraction of sp³-hybridized carbons (Fsp3) is 0.267. The van der Waals surface area contributed by atoms with Gasteiger partial charge in [0.2, 0.25) is 0 Å². The summed E-state index contributed by atoms with van der Waals surface area (Å²) in [7, 11) is 5.33. The van der Waals surface area contributed by atoms with Gasteiger partial charge in [-0.2, -0.15) is 0 Å². The number of aromatic nitrogens is 4.